The van der Waals surface area contributed by atoms with Gasteiger partial charge in [-0.15, -0.1) is 0 Å². The largest absolute Gasteiger partial charge is 0.356 e. The monoisotopic (exact) mass is 520 g/mol. The highest BCUT2D eigenvalue weighted by atomic mass is 19.1. The average molecular weight is 521 g/mol. The first-order valence-corrected chi connectivity index (χ1v) is 12.6. The maximum atomic E-state index is 13.5. The van der Waals surface area contributed by atoms with E-state index in [1.165, 1.54) is 34.1 Å². The molecule has 1 atom stereocenters. The maximum absolute atomic E-state index is 13.5. The van der Waals surface area contributed by atoms with Crippen LogP contribution in [0.15, 0.2) is 72.9 Å². The van der Waals surface area contributed by atoms with Crippen molar-refractivity contribution < 1.29 is 23.2 Å². The number of piperazine rings is 1. The van der Waals surface area contributed by atoms with E-state index in [2.05, 4.69) is 10.3 Å². The molecule has 1 saturated heterocycles. The van der Waals surface area contributed by atoms with Crippen molar-refractivity contribution in [3.63, 3.8) is 0 Å². The summed E-state index contributed by atoms with van der Waals surface area (Å²) in [4.78, 5) is 46.6. The second-order valence-electron chi connectivity index (χ2n) is 9.24. The zero-order valence-corrected chi connectivity index (χ0v) is 21.0. The number of rotatable bonds is 11. The van der Waals surface area contributed by atoms with E-state index in [0.29, 0.717) is 25.8 Å². The van der Waals surface area contributed by atoms with Crippen molar-refractivity contribution in [2.45, 2.75) is 31.7 Å². The molecular weight excluding hydrogens is 490 g/mol. The van der Waals surface area contributed by atoms with Gasteiger partial charge in [0.25, 0.3) is 0 Å². The number of nitrogens with zero attached hydrogens (tertiary/aromatic N) is 3. The molecule has 0 radical (unpaired) electrons. The molecule has 1 aromatic heterocycles. The van der Waals surface area contributed by atoms with Crippen LogP contribution in [0.2, 0.25) is 0 Å². The van der Waals surface area contributed by atoms with Gasteiger partial charge in [-0.25, -0.2) is 8.78 Å². The summed E-state index contributed by atoms with van der Waals surface area (Å²) in [7, 11) is 0. The third-order valence-corrected chi connectivity index (χ3v) is 6.57. The number of carbonyl (C=O) groups is 3. The Balaban J connectivity index is 1.41. The lowest BCUT2D eigenvalue weighted by Crippen LogP contribution is -2.61. The third-order valence-electron chi connectivity index (χ3n) is 6.57. The summed E-state index contributed by atoms with van der Waals surface area (Å²) in [6, 6.07) is 16.6. The van der Waals surface area contributed by atoms with Gasteiger partial charge in [0.05, 0.1) is 13.0 Å². The topological polar surface area (TPSA) is 82.6 Å². The molecule has 1 fully saturated rings. The molecule has 2 heterocycles. The van der Waals surface area contributed by atoms with Gasteiger partial charge >= 0.3 is 0 Å². The Morgan fingerprint density at radius 1 is 0.868 bits per heavy atom. The number of hydrogen-bond acceptors (Lipinski definition) is 4. The van der Waals surface area contributed by atoms with Crippen LogP contribution in [0.25, 0.3) is 0 Å². The van der Waals surface area contributed by atoms with Crippen LogP contribution in [0.5, 0.6) is 0 Å². The molecule has 2 aromatic carbocycles. The molecule has 3 amide bonds. The first-order valence-electron chi connectivity index (χ1n) is 12.6. The Bertz CT molecular complexity index is 1240. The fourth-order valence-corrected chi connectivity index (χ4v) is 4.46. The van der Waals surface area contributed by atoms with Gasteiger partial charge in [0.1, 0.15) is 17.7 Å². The molecule has 0 spiro atoms. The van der Waals surface area contributed by atoms with E-state index in [1.54, 1.807) is 30.5 Å². The molecule has 0 bridgehead atoms. The van der Waals surface area contributed by atoms with Gasteiger partial charge in [-0.1, -0.05) is 30.3 Å². The van der Waals surface area contributed by atoms with Crippen LogP contribution in [-0.4, -0.2) is 64.7 Å². The smallest absolute Gasteiger partial charge is 0.246 e. The van der Waals surface area contributed by atoms with Crippen LogP contribution < -0.4 is 5.32 Å². The highest BCUT2D eigenvalue weighted by molar-refractivity contribution is 5.97. The second-order valence-corrected chi connectivity index (χ2v) is 9.24. The molecular formula is C29H30F2N4O3. The van der Waals surface area contributed by atoms with E-state index in [9.17, 15) is 23.2 Å². The summed E-state index contributed by atoms with van der Waals surface area (Å²) in [6.45, 7) is 0.767. The summed E-state index contributed by atoms with van der Waals surface area (Å²) in [5, 5.41) is 2.83. The number of halogens is 2. The summed E-state index contributed by atoms with van der Waals surface area (Å²) < 4.78 is 26.5. The number of carbonyl (C=O) groups excluding carboxylic acids is 3. The Hall–Kier alpha value is -4.14. The number of benzene rings is 2. The molecule has 38 heavy (non-hydrogen) atoms. The molecule has 3 aromatic rings. The second kappa shape index (κ2) is 12.9. The minimum atomic E-state index is -0.945. The molecule has 1 N–H and O–H groups in total. The third kappa shape index (κ3) is 7.44. The van der Waals surface area contributed by atoms with Crippen LogP contribution >= 0.6 is 0 Å². The van der Waals surface area contributed by atoms with E-state index in [1.807, 2.05) is 18.2 Å². The number of amides is 3. The predicted molar refractivity (Wildman–Crippen MR) is 138 cm³/mol. The normalized spacial score (nSPS) is 15.6. The van der Waals surface area contributed by atoms with Gasteiger partial charge in [-0.2, -0.15) is 0 Å². The molecule has 1 aliphatic rings. The van der Waals surface area contributed by atoms with Crippen molar-refractivity contribution in [2.24, 2.45) is 0 Å². The van der Waals surface area contributed by atoms with Crippen molar-refractivity contribution in [3.8, 4) is 0 Å². The van der Waals surface area contributed by atoms with E-state index >= 15 is 0 Å². The van der Waals surface area contributed by atoms with Crippen LogP contribution in [-0.2, 0) is 33.6 Å². The lowest BCUT2D eigenvalue weighted by atomic mass is 10.0. The lowest BCUT2D eigenvalue weighted by Gasteiger charge is -2.40. The van der Waals surface area contributed by atoms with Crippen molar-refractivity contribution in [1.82, 2.24) is 20.1 Å². The van der Waals surface area contributed by atoms with Gasteiger partial charge in [-0.3, -0.25) is 19.4 Å². The minimum absolute atomic E-state index is 0.0960. The van der Waals surface area contributed by atoms with Crippen molar-refractivity contribution >= 4 is 17.7 Å². The van der Waals surface area contributed by atoms with Gasteiger partial charge in [0.15, 0.2) is 0 Å². The summed E-state index contributed by atoms with van der Waals surface area (Å²) in [6.07, 6.45) is 2.94. The van der Waals surface area contributed by atoms with Crippen molar-refractivity contribution in [1.29, 1.82) is 0 Å². The van der Waals surface area contributed by atoms with E-state index in [-0.39, 0.29) is 55.4 Å². The number of hydrogen-bond donors (Lipinski definition) is 1. The van der Waals surface area contributed by atoms with Gasteiger partial charge in [-0.05, 0) is 60.4 Å². The van der Waals surface area contributed by atoms with Crippen LogP contribution in [0.3, 0.4) is 0 Å². The Labute approximate surface area is 220 Å². The summed E-state index contributed by atoms with van der Waals surface area (Å²) >= 11 is 0. The summed E-state index contributed by atoms with van der Waals surface area (Å²) in [5.41, 5.74) is 2.50. The Morgan fingerprint density at radius 2 is 1.50 bits per heavy atom. The minimum Gasteiger partial charge on any atom is -0.356 e. The van der Waals surface area contributed by atoms with Crippen LogP contribution in [0.4, 0.5) is 8.78 Å². The van der Waals surface area contributed by atoms with E-state index < -0.39 is 6.04 Å². The SMILES string of the molecule is O=C(CC1C(=O)N(CCc2ccc(F)cc2)CC(=O)N1CCc1ccc(F)cc1)NCCc1ccccn1. The molecule has 4 rings (SSSR count). The van der Waals surface area contributed by atoms with Crippen LogP contribution in [0.1, 0.15) is 23.2 Å². The first-order chi connectivity index (χ1) is 18.4. The lowest BCUT2D eigenvalue weighted by molar-refractivity contribution is -0.157. The van der Waals surface area contributed by atoms with Gasteiger partial charge in [0.2, 0.25) is 17.7 Å². The first kappa shape index (κ1) is 26.9. The quantitative estimate of drug-likeness (QED) is 0.422. The van der Waals surface area contributed by atoms with E-state index in [0.717, 1.165) is 16.8 Å². The molecule has 7 nitrogen and oxygen atoms in total. The molecule has 1 unspecified atom stereocenters. The van der Waals surface area contributed by atoms with Crippen LogP contribution in [0, 0.1) is 11.6 Å². The number of aromatic nitrogens is 1. The number of pyridine rings is 1. The Kier molecular flexibility index (Phi) is 9.13. The molecule has 0 saturated carbocycles. The van der Waals surface area contributed by atoms with Crippen molar-refractivity contribution in [2.75, 3.05) is 26.2 Å². The zero-order valence-electron chi connectivity index (χ0n) is 21.0. The number of nitrogens with one attached hydrogen (secondary N) is 1. The predicted octanol–water partition coefficient (Wildman–Crippen LogP) is 2.93. The zero-order chi connectivity index (χ0) is 26.9. The van der Waals surface area contributed by atoms with Crippen molar-refractivity contribution in [3.05, 3.63) is 101 Å². The highest BCUT2D eigenvalue weighted by Gasteiger charge is 2.40. The molecule has 0 aliphatic carbocycles. The molecule has 1 aliphatic heterocycles. The van der Waals surface area contributed by atoms with E-state index in [4.69, 9.17) is 0 Å². The fourth-order valence-electron chi connectivity index (χ4n) is 4.46. The molecule has 198 valence electrons. The maximum Gasteiger partial charge on any atom is 0.246 e. The fraction of sp³-hybridized carbons (Fsp3) is 0.310. The van der Waals surface area contributed by atoms with Gasteiger partial charge < -0.3 is 15.1 Å². The highest BCUT2D eigenvalue weighted by Crippen LogP contribution is 2.18. The average Bonchev–Trinajstić information content (AvgIpc) is 2.92. The standard InChI is InChI=1S/C29H30F2N4O3/c30-23-8-4-21(5-9-23)13-17-34-20-28(37)35(18-14-22-6-10-24(31)11-7-22)26(29(34)38)19-27(36)33-16-12-25-3-1-2-15-32-25/h1-11,15,26H,12-14,16-20H2,(H,33,36). The molecule has 9 heteroatoms. The van der Waals surface area contributed by atoms with Gasteiger partial charge in [0, 0.05) is 37.9 Å². The Morgan fingerprint density at radius 3 is 2.11 bits per heavy atom. The summed E-state index contributed by atoms with van der Waals surface area (Å²) in [5.74, 6) is -1.58.